The van der Waals surface area contributed by atoms with Crippen LogP contribution in [0.1, 0.15) is 15.9 Å². The summed E-state index contributed by atoms with van der Waals surface area (Å²) in [4.78, 5) is 26.6. The van der Waals surface area contributed by atoms with Crippen LogP contribution in [0.15, 0.2) is 55.1 Å². The maximum absolute atomic E-state index is 12.5. The number of nitrogens with one attached hydrogen (secondary N) is 1. The number of hydrogen-bond donors (Lipinski definition) is 1. The molecule has 3 aromatic rings. The van der Waals surface area contributed by atoms with Gasteiger partial charge in [0.25, 0.3) is 11.6 Å². The van der Waals surface area contributed by atoms with Gasteiger partial charge in [-0.2, -0.15) is 18.3 Å². The molecule has 0 unspecified atom stereocenters. The number of ether oxygens (including phenoxy) is 1. The molecule has 3 rings (SSSR count). The molecular weight excluding hydrogens is 407 g/mol. The summed E-state index contributed by atoms with van der Waals surface area (Å²) < 4.78 is 44.1. The Kier molecular flexibility index (Phi) is 5.95. The van der Waals surface area contributed by atoms with Gasteiger partial charge < -0.3 is 10.1 Å². The van der Waals surface area contributed by atoms with Gasteiger partial charge in [-0.3, -0.25) is 14.9 Å². The Morgan fingerprint density at radius 1 is 1.20 bits per heavy atom. The molecule has 2 aromatic carbocycles. The van der Waals surface area contributed by atoms with E-state index in [2.05, 4.69) is 15.4 Å². The topological polar surface area (TPSA) is 112 Å². The number of nitrogens with zero attached hydrogens (tertiary/aromatic N) is 4. The Balaban J connectivity index is 1.57. The Labute approximate surface area is 167 Å². The maximum Gasteiger partial charge on any atom is 0.416 e. The third kappa shape index (κ3) is 4.90. The van der Waals surface area contributed by atoms with Crippen molar-refractivity contribution in [2.75, 3.05) is 13.2 Å². The third-order valence-electron chi connectivity index (χ3n) is 3.94. The first-order valence-electron chi connectivity index (χ1n) is 8.47. The van der Waals surface area contributed by atoms with Gasteiger partial charge in [-0.15, -0.1) is 0 Å². The van der Waals surface area contributed by atoms with Crippen molar-refractivity contribution < 1.29 is 27.6 Å². The lowest BCUT2D eigenvalue weighted by Gasteiger charge is -2.10. The minimum atomic E-state index is -4.43. The average Bonchev–Trinajstić information content (AvgIpc) is 3.25. The highest BCUT2D eigenvalue weighted by Crippen LogP contribution is 2.30. The fourth-order valence-electron chi connectivity index (χ4n) is 2.51. The molecule has 0 aliphatic heterocycles. The Morgan fingerprint density at radius 2 is 1.93 bits per heavy atom. The Hall–Kier alpha value is -3.96. The van der Waals surface area contributed by atoms with Gasteiger partial charge in [0.1, 0.15) is 30.7 Å². The van der Waals surface area contributed by atoms with Crippen molar-refractivity contribution in [2.24, 2.45) is 0 Å². The van der Waals surface area contributed by atoms with E-state index in [1.54, 1.807) is 0 Å². The van der Waals surface area contributed by atoms with Gasteiger partial charge in [0.05, 0.1) is 17.0 Å². The van der Waals surface area contributed by atoms with Gasteiger partial charge in [0, 0.05) is 11.6 Å². The fourth-order valence-corrected chi connectivity index (χ4v) is 2.51. The lowest BCUT2D eigenvalue weighted by molar-refractivity contribution is -0.384. The van der Waals surface area contributed by atoms with Gasteiger partial charge in [0.2, 0.25) is 0 Å². The van der Waals surface area contributed by atoms with Crippen molar-refractivity contribution in [2.45, 2.75) is 6.18 Å². The van der Waals surface area contributed by atoms with Crippen LogP contribution in [-0.4, -0.2) is 38.7 Å². The van der Waals surface area contributed by atoms with Crippen LogP contribution in [0.2, 0.25) is 0 Å². The minimum absolute atomic E-state index is 0.00373. The lowest BCUT2D eigenvalue weighted by Crippen LogP contribution is -2.28. The number of halogens is 3. The van der Waals surface area contributed by atoms with Crippen LogP contribution in [-0.2, 0) is 6.18 Å². The maximum atomic E-state index is 12.5. The van der Waals surface area contributed by atoms with Crippen molar-refractivity contribution >= 4 is 11.6 Å². The second-order valence-electron chi connectivity index (χ2n) is 5.93. The van der Waals surface area contributed by atoms with Gasteiger partial charge >= 0.3 is 6.18 Å². The number of nitro groups is 1. The monoisotopic (exact) mass is 421 g/mol. The van der Waals surface area contributed by atoms with E-state index >= 15 is 0 Å². The predicted molar refractivity (Wildman–Crippen MR) is 97.3 cm³/mol. The van der Waals surface area contributed by atoms with Crippen molar-refractivity contribution in [3.05, 3.63) is 76.4 Å². The van der Waals surface area contributed by atoms with E-state index < -0.39 is 22.6 Å². The number of carbonyl (C=O) groups is 1. The smallest absolute Gasteiger partial charge is 0.416 e. The quantitative estimate of drug-likeness (QED) is 0.357. The standard InChI is InChI=1S/C18H14F3N5O4/c19-18(20,21)13-2-4-14(5-3-13)30-8-7-23-17(27)12-1-6-15(16(9-12)26(28)29)25-11-22-10-24-25/h1-6,9-11H,7-8H2,(H,23,27). The van der Waals surface area contributed by atoms with Gasteiger partial charge in [-0.1, -0.05) is 0 Å². The number of carbonyl (C=O) groups excluding carboxylic acids is 1. The number of amides is 1. The van der Waals surface area contributed by atoms with E-state index in [1.807, 2.05) is 0 Å². The molecule has 0 aliphatic rings. The SMILES string of the molecule is O=C(NCCOc1ccc(C(F)(F)F)cc1)c1ccc(-n2cncn2)c([N+](=O)[O-])c1. The zero-order chi connectivity index (χ0) is 21.7. The molecule has 9 nitrogen and oxygen atoms in total. The van der Waals surface area contributed by atoms with Gasteiger partial charge in [-0.05, 0) is 36.4 Å². The van der Waals surface area contributed by atoms with Crippen LogP contribution in [0.3, 0.4) is 0 Å². The molecule has 0 aliphatic carbocycles. The zero-order valence-electron chi connectivity index (χ0n) is 15.2. The molecule has 1 aromatic heterocycles. The second-order valence-corrected chi connectivity index (χ2v) is 5.93. The Bertz CT molecular complexity index is 1040. The molecule has 0 spiro atoms. The van der Waals surface area contributed by atoms with Crippen LogP contribution >= 0.6 is 0 Å². The molecule has 1 heterocycles. The molecule has 0 atom stereocenters. The number of nitro benzene ring substituents is 1. The summed E-state index contributed by atoms with van der Waals surface area (Å²) in [6.45, 7) is 0.0364. The summed E-state index contributed by atoms with van der Waals surface area (Å²) in [7, 11) is 0. The highest BCUT2D eigenvalue weighted by atomic mass is 19.4. The van der Waals surface area contributed by atoms with Gasteiger partial charge in [0.15, 0.2) is 0 Å². The molecule has 30 heavy (non-hydrogen) atoms. The largest absolute Gasteiger partial charge is 0.492 e. The highest BCUT2D eigenvalue weighted by molar-refractivity contribution is 5.95. The fraction of sp³-hybridized carbons (Fsp3) is 0.167. The molecule has 0 saturated carbocycles. The first kappa shape index (κ1) is 20.8. The van der Waals surface area contributed by atoms with Crippen molar-refractivity contribution in [1.29, 1.82) is 0 Å². The molecule has 0 bridgehead atoms. The Morgan fingerprint density at radius 3 is 2.53 bits per heavy atom. The first-order chi connectivity index (χ1) is 14.3. The third-order valence-corrected chi connectivity index (χ3v) is 3.94. The van der Waals surface area contributed by atoms with Crippen LogP contribution in [0.25, 0.3) is 5.69 Å². The molecule has 156 valence electrons. The van der Waals surface area contributed by atoms with Crippen LogP contribution < -0.4 is 10.1 Å². The van der Waals surface area contributed by atoms with Crippen LogP contribution in [0.5, 0.6) is 5.75 Å². The van der Waals surface area contributed by atoms with Crippen LogP contribution in [0, 0.1) is 10.1 Å². The number of rotatable bonds is 7. The number of hydrogen-bond acceptors (Lipinski definition) is 6. The molecular formula is C18H14F3N5O4. The highest BCUT2D eigenvalue weighted by Gasteiger charge is 2.30. The van der Waals surface area contributed by atoms with E-state index in [-0.39, 0.29) is 35.8 Å². The summed E-state index contributed by atoms with van der Waals surface area (Å²) in [5.41, 5.74) is -0.909. The molecule has 0 fully saturated rings. The summed E-state index contributed by atoms with van der Waals surface area (Å²) >= 11 is 0. The first-order valence-corrected chi connectivity index (χ1v) is 8.47. The molecule has 1 amide bonds. The molecule has 0 saturated heterocycles. The van der Waals surface area contributed by atoms with Crippen molar-refractivity contribution in [1.82, 2.24) is 20.1 Å². The number of aromatic nitrogens is 3. The van der Waals surface area contributed by atoms with E-state index in [0.717, 1.165) is 18.2 Å². The predicted octanol–water partition coefficient (Wildman–Crippen LogP) is 3.00. The summed E-state index contributed by atoms with van der Waals surface area (Å²) in [6, 6.07) is 8.03. The number of benzene rings is 2. The van der Waals surface area contributed by atoms with E-state index in [0.29, 0.717) is 0 Å². The molecule has 1 N–H and O–H groups in total. The summed E-state index contributed by atoms with van der Waals surface area (Å²) in [5.74, 6) is -0.357. The summed E-state index contributed by atoms with van der Waals surface area (Å²) in [5, 5.41) is 17.7. The van der Waals surface area contributed by atoms with Gasteiger partial charge in [-0.25, -0.2) is 9.67 Å². The zero-order valence-corrected chi connectivity index (χ0v) is 15.2. The average molecular weight is 421 g/mol. The molecule has 12 heteroatoms. The molecule has 0 radical (unpaired) electrons. The van der Waals surface area contributed by atoms with E-state index in [9.17, 15) is 28.1 Å². The van der Waals surface area contributed by atoms with Crippen LogP contribution in [0.4, 0.5) is 18.9 Å². The normalized spacial score (nSPS) is 11.2. The second kappa shape index (κ2) is 8.59. The van der Waals surface area contributed by atoms with Crippen molar-refractivity contribution in [3.63, 3.8) is 0 Å². The van der Waals surface area contributed by atoms with E-state index in [1.165, 1.54) is 41.6 Å². The minimum Gasteiger partial charge on any atom is -0.492 e. The lowest BCUT2D eigenvalue weighted by atomic mass is 10.1. The van der Waals surface area contributed by atoms with Crippen molar-refractivity contribution in [3.8, 4) is 11.4 Å². The summed E-state index contributed by atoms with van der Waals surface area (Å²) in [6.07, 6.45) is -1.92. The number of alkyl halides is 3. The van der Waals surface area contributed by atoms with E-state index in [4.69, 9.17) is 4.74 Å².